The molecule has 1 aromatic rings. The summed E-state index contributed by atoms with van der Waals surface area (Å²) in [5.74, 6) is 1.46. The first-order valence-corrected chi connectivity index (χ1v) is 6.82. The summed E-state index contributed by atoms with van der Waals surface area (Å²) >= 11 is 0. The van der Waals surface area contributed by atoms with Gasteiger partial charge in [0.15, 0.2) is 0 Å². The summed E-state index contributed by atoms with van der Waals surface area (Å²) in [7, 11) is 0. The summed E-state index contributed by atoms with van der Waals surface area (Å²) in [4.78, 5) is 4.62. The number of nitrogens with one attached hydrogen (secondary N) is 1. The third kappa shape index (κ3) is 1.95. The first-order valence-electron chi connectivity index (χ1n) is 6.82. The molecule has 2 aliphatic rings. The monoisotopic (exact) mass is 251 g/mol. The Hall–Kier alpha value is -0.940. The second-order valence-corrected chi connectivity index (χ2v) is 5.95. The van der Waals surface area contributed by atoms with Crippen LogP contribution in [0, 0.1) is 0 Å². The predicted octanol–water partition coefficient (Wildman–Crippen LogP) is 1.74. The summed E-state index contributed by atoms with van der Waals surface area (Å²) in [6, 6.07) is 0. The normalized spacial score (nSPS) is 37.0. The molecule has 1 N–H and O–H groups in total. The van der Waals surface area contributed by atoms with Crippen LogP contribution in [0.4, 0.5) is 0 Å². The van der Waals surface area contributed by atoms with Crippen molar-refractivity contribution in [1.29, 1.82) is 0 Å². The second kappa shape index (κ2) is 4.31. The number of ether oxygens (including phenoxy) is 1. The van der Waals surface area contributed by atoms with Gasteiger partial charge in [0.1, 0.15) is 5.60 Å². The van der Waals surface area contributed by atoms with Crippen LogP contribution in [0.1, 0.15) is 51.2 Å². The molecule has 0 radical (unpaired) electrons. The first kappa shape index (κ1) is 12.1. The fourth-order valence-electron chi connectivity index (χ4n) is 2.88. The van der Waals surface area contributed by atoms with Crippen molar-refractivity contribution in [2.45, 2.75) is 50.5 Å². The van der Waals surface area contributed by atoms with Crippen LogP contribution in [0.25, 0.3) is 0 Å². The molecule has 0 amide bonds. The van der Waals surface area contributed by atoms with Crippen molar-refractivity contribution in [2.75, 3.05) is 19.7 Å². The van der Waals surface area contributed by atoms with E-state index in [0.29, 0.717) is 5.82 Å². The zero-order valence-electron chi connectivity index (χ0n) is 11.2. The third-order valence-corrected chi connectivity index (χ3v) is 4.23. The molecule has 2 aliphatic heterocycles. The molecule has 3 heterocycles. The topological polar surface area (TPSA) is 60.2 Å². The highest BCUT2D eigenvalue weighted by Crippen LogP contribution is 2.36. The van der Waals surface area contributed by atoms with Crippen LogP contribution in [0.5, 0.6) is 0 Å². The number of rotatable bonds is 2. The van der Waals surface area contributed by atoms with Gasteiger partial charge in [-0.25, -0.2) is 0 Å². The molecule has 18 heavy (non-hydrogen) atoms. The second-order valence-electron chi connectivity index (χ2n) is 5.95. The molecule has 0 spiro atoms. The van der Waals surface area contributed by atoms with Crippen LogP contribution < -0.4 is 5.32 Å². The molecule has 2 fully saturated rings. The van der Waals surface area contributed by atoms with E-state index in [1.807, 2.05) is 0 Å². The number of hydrogen-bond acceptors (Lipinski definition) is 5. The molecule has 2 unspecified atom stereocenters. The lowest BCUT2D eigenvalue weighted by Crippen LogP contribution is -2.41. The number of aromatic nitrogens is 2. The molecule has 0 aliphatic carbocycles. The van der Waals surface area contributed by atoms with Gasteiger partial charge in [0.05, 0.1) is 5.41 Å². The Morgan fingerprint density at radius 2 is 2.11 bits per heavy atom. The van der Waals surface area contributed by atoms with Crippen molar-refractivity contribution < 1.29 is 9.26 Å². The van der Waals surface area contributed by atoms with E-state index in [1.54, 1.807) is 0 Å². The summed E-state index contributed by atoms with van der Waals surface area (Å²) in [6.07, 6.45) is 4.29. The van der Waals surface area contributed by atoms with Crippen molar-refractivity contribution in [3.8, 4) is 0 Å². The zero-order valence-corrected chi connectivity index (χ0v) is 11.2. The minimum Gasteiger partial charge on any atom is -0.367 e. The molecule has 0 bridgehead atoms. The Labute approximate surface area is 107 Å². The Morgan fingerprint density at radius 3 is 2.78 bits per heavy atom. The minimum absolute atomic E-state index is 0.0293. The lowest BCUT2D eigenvalue weighted by Gasteiger charge is -2.30. The minimum atomic E-state index is -0.347. The standard InChI is InChI=1S/C13H21N3O2/c1-12(5-3-7-14-9-12)11-15-10(16-18-11)13(2)6-4-8-17-13/h14H,3-9H2,1-2H3. The average Bonchev–Trinajstić information content (AvgIpc) is 2.99. The Bertz CT molecular complexity index is 418. The molecule has 100 valence electrons. The zero-order chi connectivity index (χ0) is 12.6. The predicted molar refractivity (Wildman–Crippen MR) is 66.3 cm³/mol. The summed E-state index contributed by atoms with van der Waals surface area (Å²) in [6.45, 7) is 7.02. The van der Waals surface area contributed by atoms with Crippen molar-refractivity contribution in [3.63, 3.8) is 0 Å². The van der Waals surface area contributed by atoms with Gasteiger partial charge in [-0.2, -0.15) is 4.98 Å². The molecular weight excluding hydrogens is 230 g/mol. The largest absolute Gasteiger partial charge is 0.367 e. The molecule has 2 saturated heterocycles. The van der Waals surface area contributed by atoms with Gasteiger partial charge < -0.3 is 14.6 Å². The van der Waals surface area contributed by atoms with Gasteiger partial charge in [-0.1, -0.05) is 5.16 Å². The van der Waals surface area contributed by atoms with Crippen LogP contribution in [-0.2, 0) is 15.8 Å². The Kier molecular flexibility index (Phi) is 2.90. The molecular formula is C13H21N3O2. The maximum atomic E-state index is 5.76. The summed E-state index contributed by atoms with van der Waals surface area (Å²) in [5, 5.41) is 7.55. The highest BCUT2D eigenvalue weighted by Gasteiger charge is 2.40. The van der Waals surface area contributed by atoms with E-state index in [2.05, 4.69) is 29.3 Å². The number of piperidine rings is 1. The maximum Gasteiger partial charge on any atom is 0.233 e. The molecule has 0 saturated carbocycles. The van der Waals surface area contributed by atoms with Gasteiger partial charge in [-0.3, -0.25) is 0 Å². The number of nitrogens with zero attached hydrogens (tertiary/aromatic N) is 2. The van der Waals surface area contributed by atoms with Gasteiger partial charge in [0.2, 0.25) is 11.7 Å². The van der Waals surface area contributed by atoms with Crippen LogP contribution >= 0.6 is 0 Å². The lowest BCUT2D eigenvalue weighted by molar-refractivity contribution is 0.00768. The van der Waals surface area contributed by atoms with Crippen molar-refractivity contribution >= 4 is 0 Å². The fourth-order valence-corrected chi connectivity index (χ4v) is 2.88. The first-order chi connectivity index (χ1) is 8.62. The van der Waals surface area contributed by atoms with E-state index in [0.717, 1.165) is 51.3 Å². The van der Waals surface area contributed by atoms with E-state index in [4.69, 9.17) is 9.26 Å². The van der Waals surface area contributed by atoms with Crippen LogP contribution in [-0.4, -0.2) is 29.8 Å². The highest BCUT2D eigenvalue weighted by molar-refractivity contribution is 5.09. The van der Waals surface area contributed by atoms with Crippen LogP contribution in [0.3, 0.4) is 0 Å². The van der Waals surface area contributed by atoms with E-state index in [-0.39, 0.29) is 11.0 Å². The maximum absolute atomic E-state index is 5.76. The van der Waals surface area contributed by atoms with Gasteiger partial charge in [-0.15, -0.1) is 0 Å². The Morgan fingerprint density at radius 1 is 1.22 bits per heavy atom. The highest BCUT2D eigenvalue weighted by atomic mass is 16.5. The van der Waals surface area contributed by atoms with E-state index < -0.39 is 0 Å². The molecule has 2 atom stereocenters. The molecule has 5 heteroatoms. The van der Waals surface area contributed by atoms with Gasteiger partial charge >= 0.3 is 0 Å². The van der Waals surface area contributed by atoms with Crippen molar-refractivity contribution in [3.05, 3.63) is 11.7 Å². The molecule has 1 aromatic heterocycles. The smallest absolute Gasteiger partial charge is 0.233 e. The van der Waals surface area contributed by atoms with Crippen molar-refractivity contribution in [2.24, 2.45) is 0 Å². The van der Waals surface area contributed by atoms with Crippen LogP contribution in [0.15, 0.2) is 4.52 Å². The average molecular weight is 251 g/mol. The molecule has 3 rings (SSSR count). The third-order valence-electron chi connectivity index (χ3n) is 4.23. The molecule has 5 nitrogen and oxygen atoms in total. The quantitative estimate of drug-likeness (QED) is 0.867. The van der Waals surface area contributed by atoms with E-state index in [9.17, 15) is 0 Å². The fraction of sp³-hybridized carbons (Fsp3) is 0.846. The summed E-state index contributed by atoms with van der Waals surface area (Å²) in [5.41, 5.74) is -0.376. The Balaban J connectivity index is 1.84. The molecule has 0 aromatic carbocycles. The van der Waals surface area contributed by atoms with Crippen LogP contribution in [0.2, 0.25) is 0 Å². The summed E-state index contributed by atoms with van der Waals surface area (Å²) < 4.78 is 11.3. The van der Waals surface area contributed by atoms with Gasteiger partial charge in [0.25, 0.3) is 0 Å². The number of hydrogen-bond donors (Lipinski definition) is 1. The SMILES string of the molecule is CC1(c2nc(C3(C)CCCO3)no2)CCCNC1. The van der Waals surface area contributed by atoms with Gasteiger partial charge in [-0.05, 0) is 46.1 Å². The lowest BCUT2D eigenvalue weighted by atomic mass is 9.82. The van der Waals surface area contributed by atoms with Crippen molar-refractivity contribution in [1.82, 2.24) is 15.5 Å². The van der Waals surface area contributed by atoms with E-state index >= 15 is 0 Å². The van der Waals surface area contributed by atoms with E-state index in [1.165, 1.54) is 0 Å². The van der Waals surface area contributed by atoms with Gasteiger partial charge in [0, 0.05) is 13.2 Å².